The Morgan fingerprint density at radius 2 is 2.24 bits per heavy atom. The Bertz CT molecular complexity index is 483. The van der Waals surface area contributed by atoms with Crippen molar-refractivity contribution in [3.05, 3.63) is 28.8 Å². The molecule has 0 spiro atoms. The molecule has 1 aromatic carbocycles. The number of nitrogens with one attached hydrogen (secondary N) is 2. The van der Waals surface area contributed by atoms with Crippen LogP contribution >= 0.6 is 24.0 Å². The van der Waals surface area contributed by atoms with E-state index in [2.05, 4.69) is 15.4 Å². The van der Waals surface area contributed by atoms with Gasteiger partial charge in [-0.15, -0.1) is 12.4 Å². The molecule has 21 heavy (non-hydrogen) atoms. The summed E-state index contributed by atoms with van der Waals surface area (Å²) in [5.41, 5.74) is 0.0170. The number of alkyl halides is 2. The van der Waals surface area contributed by atoms with Crippen LogP contribution in [0.4, 0.5) is 8.78 Å². The van der Waals surface area contributed by atoms with Crippen LogP contribution in [-0.2, 0) is 0 Å². The first-order valence-corrected chi connectivity index (χ1v) is 6.70. The fourth-order valence-corrected chi connectivity index (χ4v) is 2.29. The van der Waals surface area contributed by atoms with Gasteiger partial charge in [-0.1, -0.05) is 11.6 Å². The molecule has 4 nitrogen and oxygen atoms in total. The highest BCUT2D eigenvalue weighted by Gasteiger charge is 2.20. The van der Waals surface area contributed by atoms with E-state index in [0.29, 0.717) is 11.6 Å². The Balaban J connectivity index is 0.00000220. The minimum atomic E-state index is -2.99. The Labute approximate surface area is 132 Å². The molecule has 2 N–H and O–H groups in total. The lowest BCUT2D eigenvalue weighted by Gasteiger charge is -2.24. The minimum absolute atomic E-state index is 0. The predicted octanol–water partition coefficient (Wildman–Crippen LogP) is 2.85. The first kappa shape index (κ1) is 17.9. The normalized spacial score (nSPS) is 18.0. The molecule has 1 saturated heterocycles. The Morgan fingerprint density at radius 1 is 1.48 bits per heavy atom. The molecule has 0 aromatic heterocycles. The molecular weight excluding hydrogens is 325 g/mol. The van der Waals surface area contributed by atoms with Crippen molar-refractivity contribution in [2.75, 3.05) is 13.1 Å². The van der Waals surface area contributed by atoms with Gasteiger partial charge in [-0.05, 0) is 37.6 Å². The predicted molar refractivity (Wildman–Crippen MR) is 78.7 cm³/mol. The van der Waals surface area contributed by atoms with Gasteiger partial charge < -0.3 is 15.4 Å². The zero-order valence-electron chi connectivity index (χ0n) is 11.1. The number of ether oxygens (including phenoxy) is 1. The summed E-state index contributed by atoms with van der Waals surface area (Å²) in [6, 6.07) is 3.97. The third-order valence-electron chi connectivity index (χ3n) is 3.03. The highest BCUT2D eigenvalue weighted by Crippen LogP contribution is 2.24. The Hall–Kier alpha value is -1.11. The van der Waals surface area contributed by atoms with Crippen LogP contribution in [0.2, 0.25) is 5.02 Å². The maximum atomic E-state index is 12.3. The van der Waals surface area contributed by atoms with E-state index < -0.39 is 12.5 Å². The van der Waals surface area contributed by atoms with Crippen LogP contribution in [0.15, 0.2) is 18.2 Å². The summed E-state index contributed by atoms with van der Waals surface area (Å²) in [6.45, 7) is -1.40. The zero-order valence-corrected chi connectivity index (χ0v) is 12.6. The van der Waals surface area contributed by atoms with Crippen molar-refractivity contribution in [2.24, 2.45) is 0 Å². The molecule has 1 amide bonds. The number of rotatable bonds is 4. The van der Waals surface area contributed by atoms with Gasteiger partial charge in [0, 0.05) is 17.6 Å². The number of amides is 1. The molecule has 0 radical (unpaired) electrons. The molecule has 1 aliphatic heterocycles. The summed E-state index contributed by atoms with van der Waals surface area (Å²) in [6.07, 6.45) is 1.81. The van der Waals surface area contributed by atoms with Gasteiger partial charge in [0.1, 0.15) is 5.75 Å². The van der Waals surface area contributed by atoms with Gasteiger partial charge >= 0.3 is 6.61 Å². The number of carbonyl (C=O) groups is 1. The molecule has 2 rings (SSSR count). The van der Waals surface area contributed by atoms with Gasteiger partial charge in [-0.25, -0.2) is 0 Å². The standard InChI is InChI=1S/C13H15ClF2N2O2.ClH/c14-8-3-4-11(20-13(15)16)10(6-8)12(19)18-9-2-1-5-17-7-9;/h3-4,6,9,13,17H,1-2,5,7H2,(H,18,19);1H. The average Bonchev–Trinajstić information content (AvgIpc) is 2.41. The monoisotopic (exact) mass is 340 g/mol. The van der Waals surface area contributed by atoms with E-state index in [9.17, 15) is 13.6 Å². The van der Waals surface area contributed by atoms with E-state index in [4.69, 9.17) is 11.6 Å². The van der Waals surface area contributed by atoms with Crippen LogP contribution < -0.4 is 15.4 Å². The first-order valence-electron chi connectivity index (χ1n) is 6.32. The lowest BCUT2D eigenvalue weighted by atomic mass is 10.1. The van der Waals surface area contributed by atoms with Crippen molar-refractivity contribution in [1.29, 1.82) is 0 Å². The van der Waals surface area contributed by atoms with Crippen LogP contribution in [0.25, 0.3) is 0 Å². The fraction of sp³-hybridized carbons (Fsp3) is 0.462. The summed E-state index contributed by atoms with van der Waals surface area (Å²) in [5, 5.41) is 6.24. The van der Waals surface area contributed by atoms with Crippen molar-refractivity contribution < 1.29 is 18.3 Å². The quantitative estimate of drug-likeness (QED) is 0.886. The minimum Gasteiger partial charge on any atom is -0.434 e. The van der Waals surface area contributed by atoms with Gasteiger partial charge in [-0.2, -0.15) is 8.78 Å². The smallest absolute Gasteiger partial charge is 0.387 e. The molecular formula is C13H16Cl2F2N2O2. The second kappa shape index (κ2) is 8.36. The Morgan fingerprint density at radius 3 is 2.86 bits per heavy atom. The summed E-state index contributed by atoms with van der Waals surface area (Å²) in [5.74, 6) is -0.637. The molecule has 1 aromatic rings. The third-order valence-corrected chi connectivity index (χ3v) is 3.27. The number of halogens is 4. The van der Waals surface area contributed by atoms with E-state index in [0.717, 1.165) is 19.4 Å². The number of piperidine rings is 1. The molecule has 1 unspecified atom stereocenters. The fourth-order valence-electron chi connectivity index (χ4n) is 2.12. The van der Waals surface area contributed by atoms with E-state index in [-0.39, 0.29) is 29.8 Å². The number of hydrogen-bond acceptors (Lipinski definition) is 3. The number of hydrogen-bond donors (Lipinski definition) is 2. The summed E-state index contributed by atoms with van der Waals surface area (Å²) >= 11 is 5.80. The maximum absolute atomic E-state index is 12.3. The largest absolute Gasteiger partial charge is 0.434 e. The van der Waals surface area contributed by atoms with E-state index >= 15 is 0 Å². The van der Waals surface area contributed by atoms with Crippen molar-refractivity contribution in [3.8, 4) is 5.75 Å². The van der Waals surface area contributed by atoms with Crippen molar-refractivity contribution in [2.45, 2.75) is 25.5 Å². The van der Waals surface area contributed by atoms with Crippen molar-refractivity contribution >= 4 is 29.9 Å². The zero-order chi connectivity index (χ0) is 14.5. The average molecular weight is 341 g/mol. The van der Waals surface area contributed by atoms with Crippen molar-refractivity contribution in [1.82, 2.24) is 10.6 Å². The van der Waals surface area contributed by atoms with Crippen LogP contribution in [0.5, 0.6) is 5.75 Å². The summed E-state index contributed by atoms with van der Waals surface area (Å²) in [4.78, 5) is 12.1. The Kier molecular flexibility index (Phi) is 7.14. The van der Waals surface area contributed by atoms with Crippen LogP contribution in [-0.4, -0.2) is 31.7 Å². The van der Waals surface area contributed by atoms with Gasteiger partial charge in [0.25, 0.3) is 5.91 Å². The highest BCUT2D eigenvalue weighted by atomic mass is 35.5. The second-order valence-corrected chi connectivity index (χ2v) is 4.97. The summed E-state index contributed by atoms with van der Waals surface area (Å²) < 4.78 is 29.0. The topological polar surface area (TPSA) is 50.4 Å². The van der Waals surface area contributed by atoms with E-state index in [1.54, 1.807) is 0 Å². The van der Waals surface area contributed by atoms with Gasteiger partial charge in [0.15, 0.2) is 0 Å². The molecule has 1 fully saturated rings. The van der Waals surface area contributed by atoms with E-state index in [1.165, 1.54) is 18.2 Å². The molecule has 8 heteroatoms. The molecule has 1 heterocycles. The first-order chi connectivity index (χ1) is 9.56. The second-order valence-electron chi connectivity index (χ2n) is 4.54. The van der Waals surface area contributed by atoms with E-state index in [1.807, 2.05) is 0 Å². The summed E-state index contributed by atoms with van der Waals surface area (Å²) in [7, 11) is 0. The molecule has 118 valence electrons. The van der Waals surface area contributed by atoms with Crippen LogP contribution in [0.1, 0.15) is 23.2 Å². The van der Waals surface area contributed by atoms with Crippen LogP contribution in [0.3, 0.4) is 0 Å². The SMILES string of the molecule is Cl.O=C(NC1CCCNC1)c1cc(Cl)ccc1OC(F)F. The number of carbonyl (C=O) groups excluding carboxylic acids is 1. The third kappa shape index (κ3) is 5.30. The van der Waals surface area contributed by atoms with Crippen molar-refractivity contribution in [3.63, 3.8) is 0 Å². The van der Waals surface area contributed by atoms with Gasteiger partial charge in [0.05, 0.1) is 5.56 Å². The lowest BCUT2D eigenvalue weighted by molar-refractivity contribution is -0.0501. The van der Waals surface area contributed by atoms with Gasteiger partial charge in [0.2, 0.25) is 0 Å². The lowest BCUT2D eigenvalue weighted by Crippen LogP contribution is -2.45. The molecule has 0 bridgehead atoms. The molecule has 0 aliphatic carbocycles. The molecule has 1 atom stereocenters. The highest BCUT2D eigenvalue weighted by molar-refractivity contribution is 6.31. The molecule has 0 saturated carbocycles. The number of benzene rings is 1. The van der Waals surface area contributed by atoms with Crippen LogP contribution in [0, 0.1) is 0 Å². The van der Waals surface area contributed by atoms with Gasteiger partial charge in [-0.3, -0.25) is 4.79 Å². The maximum Gasteiger partial charge on any atom is 0.387 e. The molecule has 1 aliphatic rings.